The molecule has 0 saturated carbocycles. The van der Waals surface area contributed by atoms with Crippen molar-refractivity contribution in [1.82, 2.24) is 19.9 Å². The van der Waals surface area contributed by atoms with E-state index in [0.29, 0.717) is 23.2 Å². The average Bonchev–Trinajstić information content (AvgIpc) is 2.79. The second kappa shape index (κ2) is 4.73. The molecule has 0 unspecified atom stereocenters. The van der Waals surface area contributed by atoms with Gasteiger partial charge in [-0.25, -0.2) is 0 Å². The van der Waals surface area contributed by atoms with Gasteiger partial charge in [0.25, 0.3) is 0 Å². The van der Waals surface area contributed by atoms with Crippen molar-refractivity contribution in [2.75, 3.05) is 5.32 Å². The standard InChI is InChI=1S/C10H14N6OS/c1-5-8(9(11)18)10(16(3)14-5)12-4-7-13-6(2)17-15-7/h12H,4H2,1-3H3,(H2,11,18). The van der Waals surface area contributed by atoms with Gasteiger partial charge in [-0.3, -0.25) is 4.68 Å². The fourth-order valence-electron chi connectivity index (χ4n) is 1.73. The van der Waals surface area contributed by atoms with E-state index in [0.717, 1.165) is 17.1 Å². The zero-order chi connectivity index (χ0) is 13.3. The fourth-order valence-corrected chi connectivity index (χ4v) is 1.98. The number of anilines is 1. The first-order valence-corrected chi connectivity index (χ1v) is 5.76. The first-order chi connectivity index (χ1) is 8.49. The summed E-state index contributed by atoms with van der Waals surface area (Å²) in [5.41, 5.74) is 7.22. The number of hydrogen-bond donors (Lipinski definition) is 2. The van der Waals surface area contributed by atoms with Gasteiger partial charge in [0.05, 0.1) is 17.8 Å². The van der Waals surface area contributed by atoms with E-state index < -0.39 is 0 Å². The minimum Gasteiger partial charge on any atom is -0.389 e. The van der Waals surface area contributed by atoms with Crippen molar-refractivity contribution >= 4 is 23.0 Å². The molecule has 0 radical (unpaired) electrons. The monoisotopic (exact) mass is 266 g/mol. The minimum atomic E-state index is 0.312. The van der Waals surface area contributed by atoms with Crippen molar-refractivity contribution in [2.24, 2.45) is 12.8 Å². The van der Waals surface area contributed by atoms with E-state index in [9.17, 15) is 0 Å². The zero-order valence-corrected chi connectivity index (χ0v) is 11.2. The van der Waals surface area contributed by atoms with Crippen LogP contribution in [0.15, 0.2) is 4.52 Å². The molecule has 18 heavy (non-hydrogen) atoms. The van der Waals surface area contributed by atoms with Gasteiger partial charge in [0.15, 0.2) is 5.82 Å². The van der Waals surface area contributed by atoms with Crippen LogP contribution in [0.3, 0.4) is 0 Å². The number of aryl methyl sites for hydroxylation is 3. The molecule has 2 aromatic rings. The fraction of sp³-hybridized carbons (Fsp3) is 0.400. The molecule has 3 N–H and O–H groups in total. The lowest BCUT2D eigenvalue weighted by Gasteiger charge is -2.06. The number of rotatable bonds is 4. The first kappa shape index (κ1) is 12.5. The molecule has 96 valence electrons. The third-order valence-corrected chi connectivity index (χ3v) is 2.66. The summed E-state index contributed by atoms with van der Waals surface area (Å²) in [6.45, 7) is 4.02. The summed E-state index contributed by atoms with van der Waals surface area (Å²) in [7, 11) is 1.82. The summed E-state index contributed by atoms with van der Waals surface area (Å²) in [4.78, 5) is 4.42. The number of hydrogen-bond acceptors (Lipinski definition) is 6. The maximum absolute atomic E-state index is 5.69. The second-order valence-electron chi connectivity index (χ2n) is 3.88. The molecular weight excluding hydrogens is 252 g/mol. The SMILES string of the molecule is Cc1nc(CNc2c(C(N)=S)c(C)nn2C)no1. The molecule has 0 aliphatic rings. The van der Waals surface area contributed by atoms with Crippen LogP contribution in [0.25, 0.3) is 0 Å². The molecule has 8 heteroatoms. The maximum Gasteiger partial charge on any atom is 0.223 e. The predicted octanol–water partition coefficient (Wildman–Crippen LogP) is 0.666. The molecule has 2 rings (SSSR count). The second-order valence-corrected chi connectivity index (χ2v) is 4.32. The Labute approximate surface area is 109 Å². The summed E-state index contributed by atoms with van der Waals surface area (Å²) < 4.78 is 6.58. The van der Waals surface area contributed by atoms with Gasteiger partial charge in [0.1, 0.15) is 10.8 Å². The van der Waals surface area contributed by atoms with Crippen molar-refractivity contribution < 1.29 is 4.52 Å². The average molecular weight is 266 g/mol. The number of thiocarbonyl (C=S) groups is 1. The summed E-state index contributed by atoms with van der Waals surface area (Å²) in [6, 6.07) is 0. The summed E-state index contributed by atoms with van der Waals surface area (Å²) in [5.74, 6) is 1.85. The third-order valence-electron chi connectivity index (χ3n) is 2.45. The highest BCUT2D eigenvalue weighted by Crippen LogP contribution is 2.18. The number of nitrogens with one attached hydrogen (secondary N) is 1. The van der Waals surface area contributed by atoms with Gasteiger partial charge < -0.3 is 15.6 Å². The Morgan fingerprint density at radius 1 is 1.50 bits per heavy atom. The van der Waals surface area contributed by atoms with Gasteiger partial charge in [-0.1, -0.05) is 17.4 Å². The molecule has 0 aliphatic heterocycles. The van der Waals surface area contributed by atoms with E-state index in [-0.39, 0.29) is 0 Å². The van der Waals surface area contributed by atoms with E-state index in [4.69, 9.17) is 22.5 Å². The highest BCUT2D eigenvalue weighted by atomic mass is 32.1. The molecule has 2 heterocycles. The van der Waals surface area contributed by atoms with Crippen LogP contribution in [0.4, 0.5) is 5.82 Å². The molecule has 0 atom stereocenters. The largest absolute Gasteiger partial charge is 0.389 e. The molecule has 0 saturated heterocycles. The number of nitrogens with zero attached hydrogens (tertiary/aromatic N) is 4. The Hall–Kier alpha value is -1.96. The van der Waals surface area contributed by atoms with E-state index >= 15 is 0 Å². The van der Waals surface area contributed by atoms with Crippen LogP contribution < -0.4 is 11.1 Å². The van der Waals surface area contributed by atoms with Crippen molar-refractivity contribution in [3.63, 3.8) is 0 Å². The minimum absolute atomic E-state index is 0.312. The first-order valence-electron chi connectivity index (χ1n) is 5.35. The topological polar surface area (TPSA) is 94.8 Å². The van der Waals surface area contributed by atoms with Crippen LogP contribution in [-0.4, -0.2) is 24.9 Å². The molecule has 0 fully saturated rings. The smallest absolute Gasteiger partial charge is 0.223 e. The van der Waals surface area contributed by atoms with Gasteiger partial charge in [0, 0.05) is 14.0 Å². The lowest BCUT2D eigenvalue weighted by molar-refractivity contribution is 0.388. The van der Waals surface area contributed by atoms with Gasteiger partial charge >= 0.3 is 0 Å². The molecule has 0 aromatic carbocycles. The van der Waals surface area contributed by atoms with E-state index in [1.807, 2.05) is 14.0 Å². The Balaban J connectivity index is 2.21. The lowest BCUT2D eigenvalue weighted by atomic mass is 10.2. The molecule has 0 amide bonds. The van der Waals surface area contributed by atoms with Crippen LogP contribution in [0.5, 0.6) is 0 Å². The molecule has 7 nitrogen and oxygen atoms in total. The highest BCUT2D eigenvalue weighted by Gasteiger charge is 2.15. The Morgan fingerprint density at radius 2 is 2.22 bits per heavy atom. The molecule has 0 aliphatic carbocycles. The van der Waals surface area contributed by atoms with Gasteiger partial charge in [0.2, 0.25) is 5.89 Å². The Bertz CT molecular complexity index is 587. The van der Waals surface area contributed by atoms with Crippen molar-refractivity contribution in [3.8, 4) is 0 Å². The van der Waals surface area contributed by atoms with E-state index in [1.165, 1.54) is 0 Å². The number of nitrogens with two attached hydrogens (primary N) is 1. The van der Waals surface area contributed by atoms with Crippen LogP contribution in [-0.2, 0) is 13.6 Å². The van der Waals surface area contributed by atoms with Crippen molar-refractivity contribution in [3.05, 3.63) is 23.0 Å². The normalized spacial score (nSPS) is 10.6. The predicted molar refractivity (Wildman–Crippen MR) is 70.2 cm³/mol. The van der Waals surface area contributed by atoms with Crippen LogP contribution >= 0.6 is 12.2 Å². The molecule has 0 spiro atoms. The molecule has 0 bridgehead atoms. The highest BCUT2D eigenvalue weighted by molar-refractivity contribution is 7.80. The van der Waals surface area contributed by atoms with Crippen LogP contribution in [0, 0.1) is 13.8 Å². The maximum atomic E-state index is 5.69. The van der Waals surface area contributed by atoms with Gasteiger partial charge in [-0.2, -0.15) is 10.1 Å². The summed E-state index contributed by atoms with van der Waals surface area (Å²) in [5, 5.41) is 11.2. The summed E-state index contributed by atoms with van der Waals surface area (Å²) in [6.07, 6.45) is 0. The lowest BCUT2D eigenvalue weighted by Crippen LogP contribution is -2.14. The molecular formula is C10H14N6OS. The van der Waals surface area contributed by atoms with Crippen LogP contribution in [0.1, 0.15) is 23.0 Å². The van der Waals surface area contributed by atoms with E-state index in [1.54, 1.807) is 11.6 Å². The van der Waals surface area contributed by atoms with Gasteiger partial charge in [-0.15, -0.1) is 0 Å². The van der Waals surface area contributed by atoms with Crippen LogP contribution in [0.2, 0.25) is 0 Å². The van der Waals surface area contributed by atoms with Gasteiger partial charge in [-0.05, 0) is 6.92 Å². The Morgan fingerprint density at radius 3 is 2.78 bits per heavy atom. The van der Waals surface area contributed by atoms with E-state index in [2.05, 4.69) is 20.6 Å². The Kier molecular flexibility index (Phi) is 3.28. The summed E-state index contributed by atoms with van der Waals surface area (Å²) >= 11 is 5.02. The quantitative estimate of drug-likeness (QED) is 0.785. The number of aromatic nitrogens is 4. The molecule has 2 aromatic heterocycles. The van der Waals surface area contributed by atoms with Crippen molar-refractivity contribution in [2.45, 2.75) is 20.4 Å². The third kappa shape index (κ3) is 2.33. The van der Waals surface area contributed by atoms with Crippen molar-refractivity contribution in [1.29, 1.82) is 0 Å². The zero-order valence-electron chi connectivity index (χ0n) is 10.4.